The minimum atomic E-state index is -0.781. The van der Waals surface area contributed by atoms with Crippen molar-refractivity contribution in [3.63, 3.8) is 0 Å². The minimum absolute atomic E-state index is 0.246. The van der Waals surface area contributed by atoms with Crippen LogP contribution in [0.4, 0.5) is 10.5 Å². The topological polar surface area (TPSA) is 78.5 Å². The van der Waals surface area contributed by atoms with Crippen LogP contribution in [0.5, 0.6) is 0 Å². The van der Waals surface area contributed by atoms with Gasteiger partial charge in [-0.1, -0.05) is 44.7 Å². The van der Waals surface area contributed by atoms with Crippen LogP contribution in [0, 0.1) is 0 Å². The second-order valence-corrected chi connectivity index (χ2v) is 7.31. The molecule has 2 fully saturated rings. The van der Waals surface area contributed by atoms with Gasteiger partial charge in [-0.3, -0.25) is 14.5 Å². The average Bonchev–Trinajstić information content (AvgIpc) is 2.86. The fourth-order valence-electron chi connectivity index (χ4n) is 3.79. The predicted molar refractivity (Wildman–Crippen MR) is 99.7 cm³/mol. The molecule has 0 unspecified atom stereocenters. The number of carbonyl (C=O) groups excluding carboxylic acids is 3. The van der Waals surface area contributed by atoms with Gasteiger partial charge in [-0.15, -0.1) is 0 Å². The SMILES string of the molecule is CCCCc1ccc(NC(=O)CN2C(=O)NC3(CCCCC3)C2=O)cc1. The van der Waals surface area contributed by atoms with Crippen molar-refractivity contribution in [2.75, 3.05) is 11.9 Å². The highest BCUT2D eigenvalue weighted by molar-refractivity contribution is 6.10. The lowest BCUT2D eigenvalue weighted by Gasteiger charge is -2.30. The van der Waals surface area contributed by atoms with E-state index in [2.05, 4.69) is 17.6 Å². The summed E-state index contributed by atoms with van der Waals surface area (Å²) >= 11 is 0. The highest BCUT2D eigenvalue weighted by Crippen LogP contribution is 2.33. The van der Waals surface area contributed by atoms with Gasteiger partial charge in [0.1, 0.15) is 12.1 Å². The van der Waals surface area contributed by atoms with Crippen molar-refractivity contribution in [3.8, 4) is 0 Å². The molecule has 1 spiro atoms. The molecular weight excluding hydrogens is 330 g/mol. The first-order chi connectivity index (χ1) is 12.5. The molecule has 0 bridgehead atoms. The summed E-state index contributed by atoms with van der Waals surface area (Å²) in [6.45, 7) is 1.91. The number of nitrogens with zero attached hydrogens (tertiary/aromatic N) is 1. The van der Waals surface area contributed by atoms with Crippen LogP contribution in [0.2, 0.25) is 0 Å². The quantitative estimate of drug-likeness (QED) is 0.767. The van der Waals surface area contributed by atoms with E-state index in [9.17, 15) is 14.4 Å². The van der Waals surface area contributed by atoms with E-state index >= 15 is 0 Å². The van der Waals surface area contributed by atoms with Gasteiger partial charge in [0.15, 0.2) is 0 Å². The molecule has 2 N–H and O–H groups in total. The molecule has 1 heterocycles. The largest absolute Gasteiger partial charge is 0.325 e. The molecule has 0 radical (unpaired) electrons. The Morgan fingerprint density at radius 1 is 1.15 bits per heavy atom. The molecule has 1 saturated carbocycles. The van der Waals surface area contributed by atoms with Gasteiger partial charge >= 0.3 is 6.03 Å². The van der Waals surface area contributed by atoms with Crippen LogP contribution in [0.1, 0.15) is 57.4 Å². The molecule has 3 rings (SSSR count). The smallest absolute Gasteiger partial charge is 0.325 e. The molecule has 6 nitrogen and oxygen atoms in total. The average molecular weight is 357 g/mol. The van der Waals surface area contributed by atoms with Gasteiger partial charge in [0.25, 0.3) is 5.91 Å². The number of benzene rings is 1. The van der Waals surface area contributed by atoms with Crippen molar-refractivity contribution >= 4 is 23.5 Å². The molecule has 1 aliphatic heterocycles. The maximum atomic E-state index is 12.7. The molecule has 0 aromatic heterocycles. The highest BCUT2D eigenvalue weighted by atomic mass is 16.2. The first-order valence-electron chi connectivity index (χ1n) is 9.57. The first-order valence-corrected chi connectivity index (χ1v) is 9.57. The number of imide groups is 1. The number of aryl methyl sites for hydroxylation is 1. The Kier molecular flexibility index (Phi) is 5.59. The van der Waals surface area contributed by atoms with Crippen molar-refractivity contribution in [2.24, 2.45) is 0 Å². The van der Waals surface area contributed by atoms with Crippen molar-refractivity contribution in [3.05, 3.63) is 29.8 Å². The van der Waals surface area contributed by atoms with Gasteiger partial charge in [-0.2, -0.15) is 0 Å². The van der Waals surface area contributed by atoms with E-state index < -0.39 is 11.6 Å². The molecule has 1 aliphatic carbocycles. The van der Waals surface area contributed by atoms with Gasteiger partial charge in [-0.25, -0.2) is 4.79 Å². The zero-order chi connectivity index (χ0) is 18.6. The third-order valence-corrected chi connectivity index (χ3v) is 5.31. The lowest BCUT2D eigenvalue weighted by Crippen LogP contribution is -2.48. The molecule has 1 saturated heterocycles. The van der Waals surface area contributed by atoms with Crippen LogP contribution >= 0.6 is 0 Å². The Bertz CT molecular complexity index is 678. The number of rotatable bonds is 6. The number of unbranched alkanes of at least 4 members (excludes halogenated alkanes) is 1. The van der Waals surface area contributed by atoms with Crippen LogP contribution in [-0.2, 0) is 16.0 Å². The minimum Gasteiger partial charge on any atom is -0.325 e. The van der Waals surface area contributed by atoms with Gasteiger partial charge in [0, 0.05) is 5.69 Å². The van der Waals surface area contributed by atoms with Crippen LogP contribution in [-0.4, -0.2) is 34.8 Å². The summed E-state index contributed by atoms with van der Waals surface area (Å²) in [4.78, 5) is 38.2. The number of hydrogen-bond donors (Lipinski definition) is 2. The van der Waals surface area contributed by atoms with E-state index in [0.717, 1.165) is 43.4 Å². The second kappa shape index (κ2) is 7.89. The molecule has 6 heteroatoms. The maximum absolute atomic E-state index is 12.7. The number of nitrogens with one attached hydrogen (secondary N) is 2. The fraction of sp³-hybridized carbons (Fsp3) is 0.550. The molecule has 26 heavy (non-hydrogen) atoms. The van der Waals surface area contributed by atoms with E-state index in [4.69, 9.17) is 0 Å². The fourth-order valence-corrected chi connectivity index (χ4v) is 3.79. The maximum Gasteiger partial charge on any atom is 0.325 e. The van der Waals surface area contributed by atoms with Crippen molar-refractivity contribution < 1.29 is 14.4 Å². The van der Waals surface area contributed by atoms with E-state index in [1.165, 1.54) is 5.56 Å². The first kappa shape index (κ1) is 18.4. The van der Waals surface area contributed by atoms with E-state index in [0.29, 0.717) is 18.5 Å². The Hall–Kier alpha value is -2.37. The van der Waals surface area contributed by atoms with Gasteiger partial charge in [-0.05, 0) is 43.4 Å². The van der Waals surface area contributed by atoms with Crippen molar-refractivity contribution in [2.45, 2.75) is 63.8 Å². The summed E-state index contributed by atoms with van der Waals surface area (Å²) < 4.78 is 0. The van der Waals surface area contributed by atoms with Crippen LogP contribution < -0.4 is 10.6 Å². The Morgan fingerprint density at radius 2 is 1.85 bits per heavy atom. The zero-order valence-corrected chi connectivity index (χ0v) is 15.3. The summed E-state index contributed by atoms with van der Waals surface area (Å²) in [5, 5.41) is 5.59. The Morgan fingerprint density at radius 3 is 2.50 bits per heavy atom. The normalized spacial score (nSPS) is 18.9. The predicted octanol–water partition coefficient (Wildman–Crippen LogP) is 3.22. The molecular formula is C20H27N3O3. The summed E-state index contributed by atoms with van der Waals surface area (Å²) in [6, 6.07) is 7.25. The Balaban J connectivity index is 1.57. The number of anilines is 1. The number of amides is 4. The van der Waals surface area contributed by atoms with Crippen LogP contribution in [0.3, 0.4) is 0 Å². The summed E-state index contributed by atoms with van der Waals surface area (Å²) in [5.74, 6) is -0.616. The van der Waals surface area contributed by atoms with Gasteiger partial charge in [0.05, 0.1) is 0 Å². The van der Waals surface area contributed by atoms with E-state index in [-0.39, 0.29) is 18.4 Å². The standard InChI is InChI=1S/C20H27N3O3/c1-2-3-7-15-8-10-16(11-9-15)21-17(24)14-23-18(25)20(22-19(23)26)12-5-4-6-13-20/h8-11H,2-7,12-14H2,1H3,(H,21,24)(H,22,26). The number of carbonyl (C=O) groups is 3. The third-order valence-electron chi connectivity index (χ3n) is 5.31. The van der Waals surface area contributed by atoms with Gasteiger partial charge in [0.2, 0.25) is 5.91 Å². The monoisotopic (exact) mass is 357 g/mol. The van der Waals surface area contributed by atoms with Crippen molar-refractivity contribution in [1.29, 1.82) is 0 Å². The zero-order valence-electron chi connectivity index (χ0n) is 15.3. The molecule has 4 amide bonds. The van der Waals surface area contributed by atoms with E-state index in [1.807, 2.05) is 24.3 Å². The molecule has 1 aromatic carbocycles. The molecule has 140 valence electrons. The highest BCUT2D eigenvalue weighted by Gasteiger charge is 2.51. The van der Waals surface area contributed by atoms with Crippen LogP contribution in [0.25, 0.3) is 0 Å². The molecule has 2 aliphatic rings. The summed E-state index contributed by atoms with van der Waals surface area (Å²) in [6.07, 6.45) is 7.57. The third kappa shape index (κ3) is 3.89. The number of urea groups is 1. The number of hydrogen-bond acceptors (Lipinski definition) is 3. The summed E-state index contributed by atoms with van der Waals surface area (Å²) in [5.41, 5.74) is 1.13. The van der Waals surface area contributed by atoms with Crippen molar-refractivity contribution in [1.82, 2.24) is 10.2 Å². The van der Waals surface area contributed by atoms with Gasteiger partial charge < -0.3 is 10.6 Å². The lowest BCUT2D eigenvalue weighted by atomic mass is 9.82. The summed E-state index contributed by atoms with van der Waals surface area (Å²) in [7, 11) is 0. The second-order valence-electron chi connectivity index (χ2n) is 7.31. The Labute approximate surface area is 154 Å². The van der Waals surface area contributed by atoms with E-state index in [1.54, 1.807) is 0 Å². The van der Waals surface area contributed by atoms with Crippen LogP contribution in [0.15, 0.2) is 24.3 Å². The molecule has 1 aromatic rings. The lowest BCUT2D eigenvalue weighted by molar-refractivity contribution is -0.134. The molecule has 0 atom stereocenters.